The number of hydrogen-bond donors (Lipinski definition) is 1. The highest BCUT2D eigenvalue weighted by Crippen LogP contribution is 2.18. The molecule has 6 nitrogen and oxygen atoms in total. The molecule has 0 saturated carbocycles. The minimum atomic E-state index is -0.255. The highest BCUT2D eigenvalue weighted by Gasteiger charge is 2.19. The second-order valence-electron chi connectivity index (χ2n) is 6.04. The quantitative estimate of drug-likeness (QED) is 0.271. The van der Waals surface area contributed by atoms with E-state index in [9.17, 15) is 4.39 Å². The van der Waals surface area contributed by atoms with Gasteiger partial charge in [0, 0.05) is 44.3 Å². The van der Waals surface area contributed by atoms with Crippen molar-refractivity contribution in [2.45, 2.75) is 12.8 Å². The molecule has 0 aliphatic carbocycles. The smallest absolute Gasteiger partial charge is 0.191 e. The van der Waals surface area contributed by atoms with E-state index >= 15 is 0 Å². The molecule has 0 radical (unpaired) electrons. The molecule has 2 N–H and O–H groups in total. The molecule has 2 heterocycles. The Balaban J connectivity index is 0.00000261. The largest absolute Gasteiger partial charge is 0.494 e. The summed E-state index contributed by atoms with van der Waals surface area (Å²) in [5.41, 5.74) is 6.11. The summed E-state index contributed by atoms with van der Waals surface area (Å²) in [7, 11) is 0. The number of thiazole rings is 1. The van der Waals surface area contributed by atoms with Crippen LogP contribution in [0.4, 0.5) is 9.52 Å². The van der Waals surface area contributed by atoms with Crippen LogP contribution in [0.1, 0.15) is 12.8 Å². The molecular weight excluding hydrogens is 480 g/mol. The van der Waals surface area contributed by atoms with E-state index in [1.807, 2.05) is 11.6 Å². The number of nitrogens with two attached hydrogens (primary N) is 1. The van der Waals surface area contributed by atoms with E-state index in [-0.39, 0.29) is 29.8 Å². The van der Waals surface area contributed by atoms with Gasteiger partial charge in [-0.15, -0.1) is 35.3 Å². The van der Waals surface area contributed by atoms with Gasteiger partial charge in [0.1, 0.15) is 11.6 Å². The molecule has 1 saturated heterocycles. The normalized spacial score (nSPS) is 14.8. The molecule has 0 unspecified atom stereocenters. The van der Waals surface area contributed by atoms with E-state index in [4.69, 9.17) is 10.5 Å². The molecule has 1 aliphatic heterocycles. The summed E-state index contributed by atoms with van der Waals surface area (Å²) in [6.07, 6.45) is 3.62. The molecule has 0 atom stereocenters. The maximum Gasteiger partial charge on any atom is 0.191 e. The standard InChI is InChI=1S/C18H24FN5OS.HI/c19-15-3-5-16(6-4-15)25-13-2-1-7-21-17(20)23-9-11-24(12-10-23)18-22-8-14-26-18;/h3-6,8,14H,1-2,7,9-13H2,(H2,20,21);1H. The van der Waals surface area contributed by atoms with Crippen molar-refractivity contribution in [1.82, 2.24) is 9.88 Å². The van der Waals surface area contributed by atoms with Crippen molar-refractivity contribution in [3.63, 3.8) is 0 Å². The van der Waals surface area contributed by atoms with Crippen LogP contribution in [-0.2, 0) is 0 Å². The Bertz CT molecular complexity index is 690. The zero-order valence-electron chi connectivity index (χ0n) is 15.1. The number of nitrogens with zero attached hydrogens (tertiary/aromatic N) is 4. The summed E-state index contributed by atoms with van der Waals surface area (Å²) in [5, 5.41) is 3.07. The van der Waals surface area contributed by atoms with Gasteiger partial charge in [0.05, 0.1) is 6.61 Å². The van der Waals surface area contributed by atoms with Crippen LogP contribution in [0.5, 0.6) is 5.75 Å². The number of ether oxygens (including phenoxy) is 1. The molecule has 3 rings (SSSR count). The van der Waals surface area contributed by atoms with Crippen LogP contribution in [-0.4, -0.2) is 55.2 Å². The van der Waals surface area contributed by atoms with Gasteiger partial charge in [-0.25, -0.2) is 9.37 Å². The van der Waals surface area contributed by atoms with Crippen molar-refractivity contribution in [3.05, 3.63) is 41.7 Å². The van der Waals surface area contributed by atoms with E-state index < -0.39 is 0 Å². The topological polar surface area (TPSA) is 67.0 Å². The summed E-state index contributed by atoms with van der Waals surface area (Å²) >= 11 is 1.66. The SMILES string of the molecule is I.NC(=NCCCCOc1ccc(F)cc1)N1CCN(c2nccs2)CC1. The van der Waals surface area contributed by atoms with E-state index in [2.05, 4.69) is 19.8 Å². The molecule has 0 spiro atoms. The fourth-order valence-electron chi connectivity index (χ4n) is 2.73. The first-order valence-corrected chi connectivity index (χ1v) is 9.68. The maximum atomic E-state index is 12.8. The average Bonchev–Trinajstić information content (AvgIpc) is 3.21. The van der Waals surface area contributed by atoms with Crippen molar-refractivity contribution in [1.29, 1.82) is 0 Å². The Labute approximate surface area is 180 Å². The van der Waals surface area contributed by atoms with Crippen molar-refractivity contribution in [2.75, 3.05) is 44.2 Å². The Morgan fingerprint density at radius 2 is 1.93 bits per heavy atom. The predicted molar refractivity (Wildman–Crippen MR) is 119 cm³/mol. The van der Waals surface area contributed by atoms with Gasteiger partial charge in [-0.2, -0.15) is 0 Å². The average molecular weight is 505 g/mol. The van der Waals surface area contributed by atoms with Gasteiger partial charge < -0.3 is 20.3 Å². The molecule has 1 aromatic carbocycles. The first-order chi connectivity index (χ1) is 12.7. The molecule has 148 valence electrons. The third-order valence-corrected chi connectivity index (χ3v) is 5.03. The number of aliphatic imine (C=N–C) groups is 1. The second-order valence-corrected chi connectivity index (χ2v) is 6.91. The highest BCUT2D eigenvalue weighted by molar-refractivity contribution is 14.0. The van der Waals surface area contributed by atoms with Crippen molar-refractivity contribution in [2.24, 2.45) is 10.7 Å². The minimum Gasteiger partial charge on any atom is -0.494 e. The van der Waals surface area contributed by atoms with Crippen LogP contribution < -0.4 is 15.4 Å². The van der Waals surface area contributed by atoms with Gasteiger partial charge in [0.25, 0.3) is 0 Å². The summed E-state index contributed by atoms with van der Waals surface area (Å²) in [6.45, 7) is 4.83. The van der Waals surface area contributed by atoms with Crippen LogP contribution in [0.2, 0.25) is 0 Å². The highest BCUT2D eigenvalue weighted by atomic mass is 127. The molecule has 0 bridgehead atoms. The van der Waals surface area contributed by atoms with Crippen LogP contribution >= 0.6 is 35.3 Å². The number of piperazine rings is 1. The van der Waals surface area contributed by atoms with Crippen molar-refractivity contribution >= 4 is 46.4 Å². The monoisotopic (exact) mass is 505 g/mol. The third-order valence-electron chi connectivity index (χ3n) is 4.20. The van der Waals surface area contributed by atoms with Crippen molar-refractivity contribution in [3.8, 4) is 5.75 Å². The van der Waals surface area contributed by atoms with Crippen LogP contribution in [0.3, 0.4) is 0 Å². The molecule has 9 heteroatoms. The van der Waals surface area contributed by atoms with E-state index in [1.54, 1.807) is 23.5 Å². The molecule has 1 aromatic heterocycles. The Morgan fingerprint density at radius 1 is 1.19 bits per heavy atom. The molecule has 1 aliphatic rings. The van der Waals surface area contributed by atoms with Crippen molar-refractivity contribution < 1.29 is 9.13 Å². The van der Waals surface area contributed by atoms with Crippen LogP contribution in [0.15, 0.2) is 40.8 Å². The molecule has 1 fully saturated rings. The number of anilines is 1. The predicted octanol–water partition coefficient (Wildman–Crippen LogP) is 3.20. The molecular formula is C18H25FIN5OS. The molecule has 2 aromatic rings. The lowest BCUT2D eigenvalue weighted by molar-refractivity contribution is 0.307. The Hall–Kier alpha value is -1.62. The first kappa shape index (κ1) is 21.7. The van der Waals surface area contributed by atoms with Gasteiger partial charge in [0.2, 0.25) is 0 Å². The zero-order valence-corrected chi connectivity index (χ0v) is 18.2. The summed E-state index contributed by atoms with van der Waals surface area (Å²) in [6, 6.07) is 6.07. The Morgan fingerprint density at radius 3 is 2.59 bits per heavy atom. The lowest BCUT2D eigenvalue weighted by Gasteiger charge is -2.35. The van der Waals surface area contributed by atoms with Crippen LogP contribution in [0, 0.1) is 5.82 Å². The fraction of sp³-hybridized carbons (Fsp3) is 0.444. The fourth-order valence-corrected chi connectivity index (χ4v) is 3.42. The van der Waals surface area contributed by atoms with Gasteiger partial charge in [-0.3, -0.25) is 4.99 Å². The summed E-state index contributed by atoms with van der Waals surface area (Å²) < 4.78 is 18.4. The molecule has 27 heavy (non-hydrogen) atoms. The Kier molecular flexibility index (Phi) is 9.05. The minimum absolute atomic E-state index is 0. The van der Waals surface area contributed by atoms with E-state index in [0.717, 1.165) is 44.2 Å². The number of benzene rings is 1. The number of rotatable bonds is 7. The lowest BCUT2D eigenvalue weighted by atomic mass is 10.3. The van der Waals surface area contributed by atoms with Gasteiger partial charge in [0.15, 0.2) is 11.1 Å². The number of aromatic nitrogens is 1. The summed E-state index contributed by atoms with van der Waals surface area (Å²) in [4.78, 5) is 13.2. The van der Waals surface area contributed by atoms with Crippen LogP contribution in [0.25, 0.3) is 0 Å². The first-order valence-electron chi connectivity index (χ1n) is 8.80. The van der Waals surface area contributed by atoms with E-state index in [0.29, 0.717) is 24.9 Å². The van der Waals surface area contributed by atoms with Gasteiger partial charge in [-0.05, 0) is 37.1 Å². The lowest BCUT2D eigenvalue weighted by Crippen LogP contribution is -2.51. The van der Waals surface area contributed by atoms with E-state index in [1.165, 1.54) is 12.1 Å². The molecule has 0 amide bonds. The number of hydrogen-bond acceptors (Lipinski definition) is 5. The maximum absolute atomic E-state index is 12.8. The number of unbranched alkanes of at least 4 members (excludes halogenated alkanes) is 1. The third kappa shape index (κ3) is 6.80. The zero-order chi connectivity index (χ0) is 18.2. The number of halogens is 2. The summed E-state index contributed by atoms with van der Waals surface area (Å²) in [5.74, 6) is 1.05. The van der Waals surface area contributed by atoms with Gasteiger partial charge >= 0.3 is 0 Å². The number of guanidine groups is 1. The van der Waals surface area contributed by atoms with Gasteiger partial charge in [-0.1, -0.05) is 0 Å². The second kappa shape index (κ2) is 11.3.